The largest absolute Gasteiger partial charge is 0.462 e. The third-order valence-electron chi connectivity index (χ3n) is 14.2. The van der Waals surface area contributed by atoms with Crippen LogP contribution in [-0.2, 0) is 9.53 Å². The van der Waals surface area contributed by atoms with Crippen LogP contribution in [-0.4, -0.2) is 23.3 Å². The lowest BCUT2D eigenvalue weighted by atomic mass is 9.47. The maximum absolute atomic E-state index is 12.8. The predicted octanol–water partition coefficient (Wildman–Crippen LogP) is 12.9. The van der Waals surface area contributed by atoms with Crippen molar-refractivity contribution < 1.29 is 14.6 Å². The molecule has 0 spiro atoms. The summed E-state index contributed by atoms with van der Waals surface area (Å²) >= 11 is 0. The molecule has 0 aliphatic heterocycles. The second-order valence-electron chi connectivity index (χ2n) is 18.3. The second-order valence-corrected chi connectivity index (χ2v) is 18.3. The summed E-state index contributed by atoms with van der Waals surface area (Å²) in [5, 5.41) is 9.32. The lowest BCUT2D eigenvalue weighted by Gasteiger charge is -2.58. The molecule has 3 heteroatoms. The van der Waals surface area contributed by atoms with Crippen LogP contribution in [0.15, 0.2) is 23.8 Å². The van der Waals surface area contributed by atoms with Gasteiger partial charge in [0.25, 0.3) is 0 Å². The molecule has 0 saturated heterocycles. The molecule has 0 amide bonds. The molecule has 3 nitrogen and oxygen atoms in total. The number of carbonyl (C=O) groups is 1. The number of hydrogen-bond acceptors (Lipinski definition) is 3. The molecule has 4 aliphatic carbocycles. The fourth-order valence-electron chi connectivity index (χ4n) is 11.4. The summed E-state index contributed by atoms with van der Waals surface area (Å²) in [7, 11) is 0. The first-order valence-corrected chi connectivity index (χ1v) is 21.3. The minimum atomic E-state index is -0.146. The zero-order valence-corrected chi connectivity index (χ0v) is 32.6. The zero-order valence-electron chi connectivity index (χ0n) is 32.6. The molecule has 0 aromatic carbocycles. The molecule has 0 aromatic heterocycles. The van der Waals surface area contributed by atoms with Gasteiger partial charge in [-0.3, -0.25) is 4.79 Å². The number of aliphatic hydroxyl groups is 1. The maximum atomic E-state index is 12.8. The first kappa shape index (κ1) is 39.7. The van der Waals surface area contributed by atoms with Gasteiger partial charge in [0, 0.05) is 12.8 Å². The summed E-state index contributed by atoms with van der Waals surface area (Å²) in [6.45, 7) is 14.5. The van der Waals surface area contributed by atoms with Gasteiger partial charge in [-0.2, -0.15) is 0 Å². The topological polar surface area (TPSA) is 46.5 Å². The molecule has 4 rings (SSSR count). The molecule has 48 heavy (non-hydrogen) atoms. The molecule has 1 unspecified atom stereocenters. The molecule has 3 fully saturated rings. The molecule has 0 radical (unpaired) electrons. The van der Waals surface area contributed by atoms with Crippen LogP contribution in [0.4, 0.5) is 0 Å². The fraction of sp³-hybridized carbons (Fsp3) is 0.889. The van der Waals surface area contributed by atoms with Crippen LogP contribution in [0.2, 0.25) is 0 Å². The van der Waals surface area contributed by atoms with E-state index in [9.17, 15) is 9.90 Å². The number of allylic oxidation sites excluding steroid dienone is 3. The van der Waals surface area contributed by atoms with Crippen molar-refractivity contribution in [3.8, 4) is 0 Å². The van der Waals surface area contributed by atoms with Gasteiger partial charge in [-0.15, -0.1) is 0 Å². The van der Waals surface area contributed by atoms with Gasteiger partial charge in [-0.1, -0.05) is 116 Å². The van der Waals surface area contributed by atoms with E-state index in [-0.39, 0.29) is 18.2 Å². The van der Waals surface area contributed by atoms with Crippen molar-refractivity contribution in [2.45, 2.75) is 208 Å². The van der Waals surface area contributed by atoms with Gasteiger partial charge >= 0.3 is 5.97 Å². The van der Waals surface area contributed by atoms with E-state index in [1.165, 1.54) is 109 Å². The lowest BCUT2D eigenvalue weighted by molar-refractivity contribution is -0.151. The van der Waals surface area contributed by atoms with Crippen LogP contribution in [0.3, 0.4) is 0 Å². The molecule has 0 bridgehead atoms. The SMILES string of the molecule is CC(C)CCC[C@@H](C)[C@H]1CC[C@H]2[C@@H]3CC=C4C[C@@H](OC(=O)CCCCCCC/C=C\CCCCCCC(C)O)CC[C@]4(C)[C@H]3CC[C@]12C. The van der Waals surface area contributed by atoms with Crippen molar-refractivity contribution in [3.63, 3.8) is 0 Å². The van der Waals surface area contributed by atoms with Gasteiger partial charge in [0.05, 0.1) is 6.10 Å². The minimum absolute atomic E-state index is 0.0413. The van der Waals surface area contributed by atoms with Crippen LogP contribution < -0.4 is 0 Å². The Labute approximate surface area is 297 Å². The van der Waals surface area contributed by atoms with Gasteiger partial charge in [0.15, 0.2) is 0 Å². The summed E-state index contributed by atoms with van der Waals surface area (Å²) in [5.74, 6) is 5.26. The van der Waals surface area contributed by atoms with Crippen molar-refractivity contribution in [2.75, 3.05) is 0 Å². The normalized spacial score (nSPS) is 32.8. The molecule has 4 aliphatic rings. The van der Waals surface area contributed by atoms with Gasteiger partial charge < -0.3 is 9.84 Å². The number of rotatable bonds is 21. The van der Waals surface area contributed by atoms with Crippen LogP contribution in [0.25, 0.3) is 0 Å². The quantitative estimate of drug-likeness (QED) is 0.0753. The molecule has 1 N–H and O–H groups in total. The Morgan fingerprint density at radius 2 is 1.50 bits per heavy atom. The summed E-state index contributed by atoms with van der Waals surface area (Å²) in [5.41, 5.74) is 2.50. The van der Waals surface area contributed by atoms with Gasteiger partial charge in [-0.25, -0.2) is 0 Å². The minimum Gasteiger partial charge on any atom is -0.462 e. The predicted molar refractivity (Wildman–Crippen MR) is 204 cm³/mol. The number of fused-ring (bicyclic) bond motifs is 5. The number of carbonyl (C=O) groups excluding carboxylic acids is 1. The molecule has 9 atom stereocenters. The molecular weight excluding hydrogens is 588 g/mol. The highest BCUT2D eigenvalue weighted by molar-refractivity contribution is 5.69. The highest BCUT2D eigenvalue weighted by Crippen LogP contribution is 2.67. The number of esters is 1. The highest BCUT2D eigenvalue weighted by Gasteiger charge is 2.59. The summed E-state index contributed by atoms with van der Waals surface area (Å²) in [6, 6.07) is 0. The molecular formula is C45H78O3. The molecule has 3 saturated carbocycles. The zero-order chi connectivity index (χ0) is 34.6. The molecule has 276 valence electrons. The van der Waals surface area contributed by atoms with Crippen molar-refractivity contribution in [1.29, 1.82) is 0 Å². The monoisotopic (exact) mass is 667 g/mol. The standard InChI is InChI=1S/C45H78O3/c1-34(2)21-20-22-35(3)40-27-28-41-39-26-25-37-33-38(29-31-44(37,5)42(39)30-32-45(40,41)6)48-43(47)24-19-17-15-13-11-9-7-8-10-12-14-16-18-23-36(4)46/h7-8,25,34-36,38-42,46H,9-24,26-33H2,1-6H3/b8-7-/t35-,36?,38+,39+,40-,41+,42+,44+,45-/m1/s1. The van der Waals surface area contributed by atoms with Crippen molar-refractivity contribution in [1.82, 2.24) is 0 Å². The van der Waals surface area contributed by atoms with E-state index in [1.54, 1.807) is 5.57 Å². The third-order valence-corrected chi connectivity index (χ3v) is 14.2. The summed E-state index contributed by atoms with van der Waals surface area (Å²) in [4.78, 5) is 12.8. The Morgan fingerprint density at radius 1 is 0.812 bits per heavy atom. The van der Waals surface area contributed by atoms with E-state index in [4.69, 9.17) is 4.74 Å². The third kappa shape index (κ3) is 11.0. The number of ether oxygens (including phenoxy) is 1. The first-order valence-electron chi connectivity index (χ1n) is 21.3. The lowest BCUT2D eigenvalue weighted by Crippen LogP contribution is -2.51. The van der Waals surface area contributed by atoms with E-state index < -0.39 is 0 Å². The number of hydrogen-bond donors (Lipinski definition) is 1. The summed E-state index contributed by atoms with van der Waals surface area (Å²) < 4.78 is 6.12. The van der Waals surface area contributed by atoms with Gasteiger partial charge in [0.1, 0.15) is 6.10 Å². The molecule has 0 heterocycles. The average Bonchev–Trinajstić information content (AvgIpc) is 3.40. The fourth-order valence-corrected chi connectivity index (χ4v) is 11.4. The van der Waals surface area contributed by atoms with Crippen molar-refractivity contribution in [2.24, 2.45) is 46.3 Å². The Bertz CT molecular complexity index is 1010. The van der Waals surface area contributed by atoms with Crippen LogP contribution >= 0.6 is 0 Å². The van der Waals surface area contributed by atoms with Crippen molar-refractivity contribution >= 4 is 5.97 Å². The van der Waals surface area contributed by atoms with Crippen LogP contribution in [0, 0.1) is 46.3 Å². The van der Waals surface area contributed by atoms with Crippen molar-refractivity contribution in [3.05, 3.63) is 23.8 Å². The average molecular weight is 667 g/mol. The number of unbranched alkanes of at least 4 members (excludes halogenated alkanes) is 9. The van der Waals surface area contributed by atoms with E-state index in [0.29, 0.717) is 17.3 Å². The first-order chi connectivity index (χ1) is 23.0. The molecule has 0 aromatic rings. The van der Waals surface area contributed by atoms with E-state index in [0.717, 1.165) is 74.0 Å². The summed E-state index contributed by atoms with van der Waals surface area (Å²) in [6.07, 6.45) is 36.5. The van der Waals surface area contributed by atoms with Crippen LogP contribution in [0.1, 0.15) is 196 Å². The van der Waals surface area contributed by atoms with Gasteiger partial charge in [-0.05, 0) is 137 Å². The van der Waals surface area contributed by atoms with Gasteiger partial charge in [0.2, 0.25) is 0 Å². The van der Waals surface area contributed by atoms with E-state index in [1.807, 2.05) is 6.92 Å². The van der Waals surface area contributed by atoms with Crippen LogP contribution in [0.5, 0.6) is 0 Å². The number of aliphatic hydroxyl groups excluding tert-OH is 1. The Morgan fingerprint density at radius 3 is 2.21 bits per heavy atom. The highest BCUT2D eigenvalue weighted by atomic mass is 16.5. The smallest absolute Gasteiger partial charge is 0.306 e. The Hall–Kier alpha value is -1.09. The van der Waals surface area contributed by atoms with E-state index in [2.05, 4.69) is 52.8 Å². The second kappa shape index (κ2) is 19.5. The Kier molecular flexibility index (Phi) is 16.1. The van der Waals surface area contributed by atoms with E-state index >= 15 is 0 Å². The Balaban J connectivity index is 1.10. The maximum Gasteiger partial charge on any atom is 0.306 e.